The van der Waals surface area contributed by atoms with Gasteiger partial charge in [0.2, 0.25) is 11.8 Å². The van der Waals surface area contributed by atoms with Crippen LogP contribution in [0.2, 0.25) is 0 Å². The lowest BCUT2D eigenvalue weighted by molar-refractivity contribution is -0.147. The van der Waals surface area contributed by atoms with E-state index in [-0.39, 0.29) is 26.0 Å². The van der Waals surface area contributed by atoms with Crippen LogP contribution in [0.15, 0.2) is 78.9 Å². The van der Waals surface area contributed by atoms with Crippen molar-refractivity contribution < 1.29 is 33.8 Å². The Balaban J connectivity index is 1.45. The van der Waals surface area contributed by atoms with Gasteiger partial charge in [-0.1, -0.05) is 72.8 Å². The third kappa shape index (κ3) is 7.56. The Labute approximate surface area is 269 Å². The number of carbonyl (C=O) groups excluding carboxylic acids is 3. The molecule has 0 radical (unpaired) electrons. The van der Waals surface area contributed by atoms with Crippen LogP contribution in [-0.2, 0) is 49.9 Å². The molecule has 10 nitrogen and oxygen atoms in total. The third-order valence-electron chi connectivity index (χ3n) is 8.31. The highest BCUT2D eigenvalue weighted by molar-refractivity contribution is 6.02. The molecule has 0 saturated carbocycles. The minimum absolute atomic E-state index is 0.196. The molecule has 2 aliphatic rings. The first kappa shape index (κ1) is 32.7. The van der Waals surface area contributed by atoms with Gasteiger partial charge in [-0.2, -0.15) is 0 Å². The van der Waals surface area contributed by atoms with Gasteiger partial charge >= 0.3 is 12.1 Å². The Bertz CT molecular complexity index is 1590. The molecule has 0 aromatic heterocycles. The number of ether oxygens (including phenoxy) is 2. The SMILES string of the molecule is CC(OCc1ccccc1)C(NC(=O)[C@H]1Cc2ccccc2N1C(=O)OC(C)(C)C)C(=O)N1Cc2ccccc2C[C@@H]1CC(=O)O. The number of hydrogen-bond donors (Lipinski definition) is 2. The van der Waals surface area contributed by atoms with Crippen molar-refractivity contribution in [2.75, 3.05) is 4.90 Å². The molecule has 2 aliphatic heterocycles. The normalized spacial score (nSPS) is 18.6. The molecule has 0 spiro atoms. The van der Waals surface area contributed by atoms with Gasteiger partial charge < -0.3 is 24.8 Å². The fourth-order valence-electron chi connectivity index (χ4n) is 6.07. The quantitative estimate of drug-likeness (QED) is 0.347. The number of anilines is 1. The Morgan fingerprint density at radius 3 is 2.20 bits per heavy atom. The molecule has 4 atom stereocenters. The molecule has 46 heavy (non-hydrogen) atoms. The molecule has 242 valence electrons. The van der Waals surface area contributed by atoms with Crippen LogP contribution in [0.1, 0.15) is 56.4 Å². The van der Waals surface area contributed by atoms with Crippen molar-refractivity contribution in [3.63, 3.8) is 0 Å². The first-order valence-corrected chi connectivity index (χ1v) is 15.6. The molecule has 2 N–H and O–H groups in total. The van der Waals surface area contributed by atoms with Gasteiger partial charge in [-0.05, 0) is 62.4 Å². The zero-order chi connectivity index (χ0) is 33.0. The van der Waals surface area contributed by atoms with Gasteiger partial charge in [-0.3, -0.25) is 19.3 Å². The molecule has 0 aliphatic carbocycles. The summed E-state index contributed by atoms with van der Waals surface area (Å²) in [6, 6.07) is 21.6. The van der Waals surface area contributed by atoms with Gasteiger partial charge in [0.15, 0.2) is 0 Å². The fourth-order valence-corrected chi connectivity index (χ4v) is 6.07. The Hall–Kier alpha value is -4.70. The fraction of sp³-hybridized carbons (Fsp3) is 0.389. The summed E-state index contributed by atoms with van der Waals surface area (Å²) in [6.07, 6.45) is -1.09. The average molecular weight is 628 g/mol. The molecular weight excluding hydrogens is 586 g/mol. The van der Waals surface area contributed by atoms with E-state index in [9.17, 15) is 24.3 Å². The Morgan fingerprint density at radius 2 is 1.52 bits per heavy atom. The van der Waals surface area contributed by atoms with Crippen molar-refractivity contribution >= 4 is 29.6 Å². The Kier molecular flexibility index (Phi) is 9.76. The number of benzene rings is 3. The number of nitrogens with one attached hydrogen (secondary N) is 1. The van der Waals surface area contributed by atoms with E-state index in [0.717, 1.165) is 22.3 Å². The van der Waals surface area contributed by atoms with Gasteiger partial charge in [0.05, 0.1) is 24.8 Å². The maximum absolute atomic E-state index is 14.5. The standard InChI is InChI=1S/C36H41N3O7/c1-23(45-22-24-12-6-5-7-13-24)32(34(43)38-21-27-16-9-8-14-25(27)18-28(38)20-31(40)41)37-33(42)30-19-26-15-10-11-17-29(26)39(30)35(44)46-36(2,3)4/h5-17,23,28,30,32H,18-22H2,1-4H3,(H,37,42)(H,40,41)/t23?,28-,30-,32?/m1/s1. The Morgan fingerprint density at radius 1 is 0.891 bits per heavy atom. The largest absolute Gasteiger partial charge is 0.481 e. The number of rotatable bonds is 9. The van der Waals surface area contributed by atoms with E-state index >= 15 is 0 Å². The molecular formula is C36H41N3O7. The van der Waals surface area contributed by atoms with Crippen molar-refractivity contribution in [2.24, 2.45) is 0 Å². The lowest BCUT2D eigenvalue weighted by atomic mass is 9.91. The summed E-state index contributed by atoms with van der Waals surface area (Å²) in [5.74, 6) is -2.01. The maximum Gasteiger partial charge on any atom is 0.415 e. The number of hydrogen-bond acceptors (Lipinski definition) is 6. The van der Waals surface area contributed by atoms with Gasteiger partial charge in [-0.15, -0.1) is 0 Å². The lowest BCUT2D eigenvalue weighted by Crippen LogP contribution is -2.60. The second kappa shape index (κ2) is 13.7. The predicted octanol–water partition coefficient (Wildman–Crippen LogP) is 4.87. The number of fused-ring (bicyclic) bond motifs is 2. The third-order valence-corrected chi connectivity index (χ3v) is 8.31. The van der Waals surface area contributed by atoms with Crippen molar-refractivity contribution in [2.45, 2.75) is 89.9 Å². The number of carbonyl (C=O) groups is 4. The highest BCUT2D eigenvalue weighted by atomic mass is 16.6. The molecule has 3 aromatic carbocycles. The second-order valence-electron chi connectivity index (χ2n) is 12.9. The summed E-state index contributed by atoms with van der Waals surface area (Å²) in [5, 5.41) is 12.6. The van der Waals surface area contributed by atoms with E-state index in [0.29, 0.717) is 12.1 Å². The topological polar surface area (TPSA) is 125 Å². The van der Waals surface area contributed by atoms with Crippen molar-refractivity contribution in [3.05, 3.63) is 101 Å². The lowest BCUT2D eigenvalue weighted by Gasteiger charge is -2.39. The number of carboxylic acids is 1. The van der Waals surface area contributed by atoms with Gasteiger partial charge in [-0.25, -0.2) is 4.79 Å². The summed E-state index contributed by atoms with van der Waals surface area (Å²) in [4.78, 5) is 56.8. The number of amides is 3. The molecule has 3 aromatic rings. The predicted molar refractivity (Wildman–Crippen MR) is 172 cm³/mol. The minimum atomic E-state index is -1.16. The van der Waals surface area contributed by atoms with Gasteiger partial charge in [0.25, 0.3) is 0 Å². The summed E-state index contributed by atoms with van der Waals surface area (Å²) >= 11 is 0. The second-order valence-corrected chi connectivity index (χ2v) is 12.9. The molecule has 2 heterocycles. The monoisotopic (exact) mass is 627 g/mol. The van der Waals surface area contributed by atoms with Crippen molar-refractivity contribution in [1.29, 1.82) is 0 Å². The van der Waals surface area contributed by atoms with Crippen molar-refractivity contribution in [1.82, 2.24) is 10.2 Å². The molecule has 10 heteroatoms. The molecule has 0 bridgehead atoms. The van der Waals surface area contributed by atoms with Crippen LogP contribution in [-0.4, -0.2) is 63.7 Å². The molecule has 0 fully saturated rings. The number of carboxylic acid groups (broad SMARTS) is 1. The van der Waals surface area contributed by atoms with E-state index < -0.39 is 53.7 Å². The van der Waals surface area contributed by atoms with Crippen LogP contribution in [0.5, 0.6) is 0 Å². The van der Waals surface area contributed by atoms with Crippen LogP contribution in [0.25, 0.3) is 0 Å². The van der Waals surface area contributed by atoms with E-state index in [1.807, 2.05) is 66.7 Å². The average Bonchev–Trinajstić information content (AvgIpc) is 3.41. The zero-order valence-electron chi connectivity index (χ0n) is 26.6. The van der Waals surface area contributed by atoms with E-state index in [4.69, 9.17) is 9.47 Å². The van der Waals surface area contributed by atoms with E-state index in [1.165, 1.54) is 4.90 Å². The smallest absolute Gasteiger partial charge is 0.415 e. The summed E-state index contributed by atoms with van der Waals surface area (Å²) in [6.45, 7) is 7.38. The minimum Gasteiger partial charge on any atom is -0.481 e. The molecule has 0 saturated heterocycles. The zero-order valence-corrected chi connectivity index (χ0v) is 26.6. The highest BCUT2D eigenvalue weighted by Gasteiger charge is 2.44. The maximum atomic E-state index is 14.5. The number of para-hydroxylation sites is 1. The summed E-state index contributed by atoms with van der Waals surface area (Å²) in [7, 11) is 0. The number of nitrogens with zero attached hydrogens (tertiary/aromatic N) is 2. The molecule has 3 amide bonds. The van der Waals surface area contributed by atoms with Crippen LogP contribution in [0.4, 0.5) is 10.5 Å². The summed E-state index contributed by atoms with van der Waals surface area (Å²) < 4.78 is 11.8. The van der Waals surface area contributed by atoms with Crippen LogP contribution < -0.4 is 10.2 Å². The van der Waals surface area contributed by atoms with Crippen LogP contribution in [0, 0.1) is 0 Å². The van der Waals surface area contributed by atoms with E-state index in [1.54, 1.807) is 44.7 Å². The van der Waals surface area contributed by atoms with E-state index in [2.05, 4.69) is 5.32 Å². The summed E-state index contributed by atoms with van der Waals surface area (Å²) in [5.41, 5.74) is 3.38. The number of aliphatic carboxylic acids is 1. The van der Waals surface area contributed by atoms with Gasteiger partial charge in [0, 0.05) is 19.0 Å². The van der Waals surface area contributed by atoms with Crippen LogP contribution >= 0.6 is 0 Å². The first-order valence-electron chi connectivity index (χ1n) is 15.6. The van der Waals surface area contributed by atoms with Crippen LogP contribution in [0.3, 0.4) is 0 Å². The van der Waals surface area contributed by atoms with Crippen molar-refractivity contribution in [3.8, 4) is 0 Å². The first-order chi connectivity index (χ1) is 21.9. The molecule has 2 unspecified atom stereocenters. The molecule has 5 rings (SSSR count). The van der Waals surface area contributed by atoms with Gasteiger partial charge in [0.1, 0.15) is 17.7 Å². The highest BCUT2D eigenvalue weighted by Crippen LogP contribution is 2.34.